The Balaban J connectivity index is 1.42. The Morgan fingerprint density at radius 2 is 1.62 bits per heavy atom. The second-order valence-corrected chi connectivity index (χ2v) is 13.2. The molecule has 4 aliphatic carbocycles. The summed E-state index contributed by atoms with van der Waals surface area (Å²) in [7, 11) is 0. The fraction of sp³-hybridized carbons (Fsp3) is 1.00. The van der Waals surface area contributed by atoms with Crippen LogP contribution in [-0.4, -0.2) is 86.3 Å². The molecule has 1 heterocycles. The van der Waals surface area contributed by atoms with Gasteiger partial charge in [-0.1, -0.05) is 13.8 Å². The molecule has 1 spiro atoms. The smallest absolute Gasteiger partial charge is 0.186 e. The largest absolute Gasteiger partial charge is 0.396 e. The molecule has 7 unspecified atom stereocenters. The molecule has 4 saturated carbocycles. The molecule has 5 fully saturated rings. The highest BCUT2D eigenvalue weighted by Gasteiger charge is 2.67. The molecule has 5 rings (SSSR count). The van der Waals surface area contributed by atoms with Gasteiger partial charge >= 0.3 is 0 Å². The Morgan fingerprint density at radius 1 is 0.882 bits per heavy atom. The summed E-state index contributed by atoms with van der Waals surface area (Å²) in [5, 5.41) is 62.2. The molecule has 2 bridgehead atoms. The van der Waals surface area contributed by atoms with Crippen LogP contribution in [0.1, 0.15) is 72.1 Å². The van der Waals surface area contributed by atoms with Gasteiger partial charge in [-0.2, -0.15) is 0 Å². The molecular formula is C26H44O8. The molecule has 196 valence electrons. The number of hydrogen-bond acceptors (Lipinski definition) is 8. The summed E-state index contributed by atoms with van der Waals surface area (Å²) in [6, 6.07) is 0. The number of aliphatic hydroxyl groups excluding tert-OH is 5. The van der Waals surface area contributed by atoms with E-state index in [4.69, 9.17) is 9.47 Å². The van der Waals surface area contributed by atoms with E-state index in [1.165, 1.54) is 0 Å². The summed E-state index contributed by atoms with van der Waals surface area (Å²) in [5.74, 6) is 1.12. The van der Waals surface area contributed by atoms with E-state index >= 15 is 0 Å². The fourth-order valence-corrected chi connectivity index (χ4v) is 9.69. The highest BCUT2D eigenvalue weighted by molar-refractivity contribution is 5.17. The van der Waals surface area contributed by atoms with Crippen molar-refractivity contribution in [1.29, 1.82) is 0 Å². The van der Waals surface area contributed by atoms with E-state index in [9.17, 15) is 30.6 Å². The van der Waals surface area contributed by atoms with Crippen molar-refractivity contribution >= 4 is 0 Å². The van der Waals surface area contributed by atoms with Gasteiger partial charge in [0.05, 0.1) is 18.3 Å². The molecule has 5 aliphatic rings. The first-order valence-corrected chi connectivity index (χ1v) is 13.2. The van der Waals surface area contributed by atoms with Gasteiger partial charge in [0.25, 0.3) is 0 Å². The van der Waals surface area contributed by atoms with Gasteiger partial charge in [-0.15, -0.1) is 0 Å². The van der Waals surface area contributed by atoms with Crippen LogP contribution in [0, 0.1) is 34.0 Å². The Hall–Kier alpha value is -0.320. The van der Waals surface area contributed by atoms with Crippen LogP contribution in [0.15, 0.2) is 0 Å². The van der Waals surface area contributed by atoms with E-state index in [0.29, 0.717) is 24.2 Å². The second-order valence-electron chi connectivity index (χ2n) is 13.2. The molecule has 13 atom stereocenters. The second kappa shape index (κ2) is 8.35. The quantitative estimate of drug-likeness (QED) is 0.324. The minimum absolute atomic E-state index is 0.0435. The predicted octanol–water partition coefficient (Wildman–Crippen LogP) is 0.938. The van der Waals surface area contributed by atoms with Gasteiger partial charge in [0, 0.05) is 6.61 Å². The highest BCUT2D eigenvalue weighted by Crippen LogP contribution is 2.73. The first-order valence-electron chi connectivity index (χ1n) is 13.2. The van der Waals surface area contributed by atoms with Gasteiger partial charge in [0.1, 0.15) is 24.4 Å². The van der Waals surface area contributed by atoms with E-state index < -0.39 is 42.9 Å². The number of fused-ring (bicyclic) bond motifs is 3. The lowest BCUT2D eigenvalue weighted by Gasteiger charge is -2.65. The number of hydrogen-bond donors (Lipinski definition) is 6. The van der Waals surface area contributed by atoms with Crippen LogP contribution in [0.2, 0.25) is 0 Å². The molecule has 0 amide bonds. The molecule has 8 nitrogen and oxygen atoms in total. The molecule has 34 heavy (non-hydrogen) atoms. The molecule has 8 heteroatoms. The maximum absolute atomic E-state index is 11.1. The lowest BCUT2D eigenvalue weighted by atomic mass is 9.40. The zero-order valence-corrected chi connectivity index (χ0v) is 20.8. The average molecular weight is 485 g/mol. The van der Waals surface area contributed by atoms with Gasteiger partial charge in [0.2, 0.25) is 0 Å². The Kier molecular flexibility index (Phi) is 6.22. The van der Waals surface area contributed by atoms with Crippen LogP contribution in [0.25, 0.3) is 0 Å². The van der Waals surface area contributed by atoms with Crippen LogP contribution in [0.5, 0.6) is 0 Å². The first-order chi connectivity index (χ1) is 15.9. The molecular weight excluding hydrogens is 440 g/mol. The van der Waals surface area contributed by atoms with Crippen LogP contribution in [-0.2, 0) is 9.47 Å². The summed E-state index contributed by atoms with van der Waals surface area (Å²) in [5.41, 5.74) is -0.943. The third-order valence-corrected chi connectivity index (χ3v) is 11.0. The van der Waals surface area contributed by atoms with Crippen molar-refractivity contribution in [2.75, 3.05) is 13.2 Å². The van der Waals surface area contributed by atoms with Gasteiger partial charge in [-0.3, -0.25) is 0 Å². The van der Waals surface area contributed by atoms with Crippen LogP contribution >= 0.6 is 0 Å². The Bertz CT molecular complexity index is 774. The standard InChI is InChI=1S/C26H44O8/c1-23(13-28)9-15(33-22-21(31)20(30)19(29)16(11-27)34-22)10-24(2)17(23)6-7-26-8-14(4-5-18(24)26)25(3,32)12-26/h14-22,27-32H,4-13H2,1-3H3/t14?,15?,16?,17-,18+,19?,20?,21?,22?,23-,24+,25+,26-/m0/s1. The zero-order valence-electron chi connectivity index (χ0n) is 20.8. The zero-order chi connectivity index (χ0) is 24.7. The minimum Gasteiger partial charge on any atom is -0.396 e. The lowest BCUT2D eigenvalue weighted by molar-refractivity contribution is -0.323. The minimum atomic E-state index is -1.47. The Morgan fingerprint density at radius 3 is 2.29 bits per heavy atom. The molecule has 6 N–H and O–H groups in total. The van der Waals surface area contributed by atoms with Crippen molar-refractivity contribution < 1.29 is 40.1 Å². The molecule has 1 aliphatic heterocycles. The lowest BCUT2D eigenvalue weighted by Crippen LogP contribution is -2.62. The average Bonchev–Trinajstić information content (AvgIpc) is 2.96. The third kappa shape index (κ3) is 3.63. The van der Waals surface area contributed by atoms with Crippen molar-refractivity contribution in [3.8, 4) is 0 Å². The number of ether oxygens (including phenoxy) is 2. The van der Waals surface area contributed by atoms with Crippen molar-refractivity contribution in [3.63, 3.8) is 0 Å². The van der Waals surface area contributed by atoms with E-state index in [-0.39, 0.29) is 29.0 Å². The van der Waals surface area contributed by atoms with E-state index in [1.807, 2.05) is 6.92 Å². The van der Waals surface area contributed by atoms with Gasteiger partial charge in [-0.25, -0.2) is 0 Å². The van der Waals surface area contributed by atoms with Gasteiger partial charge in [-0.05, 0) is 92.3 Å². The predicted molar refractivity (Wildman–Crippen MR) is 122 cm³/mol. The normalized spacial score (nSPS) is 59.4. The summed E-state index contributed by atoms with van der Waals surface area (Å²) >= 11 is 0. The molecule has 0 aromatic carbocycles. The maximum Gasteiger partial charge on any atom is 0.186 e. The monoisotopic (exact) mass is 484 g/mol. The van der Waals surface area contributed by atoms with Gasteiger partial charge in [0.15, 0.2) is 6.29 Å². The van der Waals surface area contributed by atoms with E-state index in [0.717, 1.165) is 44.9 Å². The summed E-state index contributed by atoms with van der Waals surface area (Å²) < 4.78 is 11.9. The molecule has 0 aromatic rings. The molecule has 0 aromatic heterocycles. The van der Waals surface area contributed by atoms with Crippen molar-refractivity contribution in [2.24, 2.45) is 34.0 Å². The topological polar surface area (TPSA) is 140 Å². The van der Waals surface area contributed by atoms with Crippen molar-refractivity contribution in [2.45, 2.75) is 115 Å². The van der Waals surface area contributed by atoms with Crippen molar-refractivity contribution in [3.05, 3.63) is 0 Å². The first kappa shape index (κ1) is 25.3. The Labute approximate surface area is 202 Å². The van der Waals surface area contributed by atoms with Crippen LogP contribution < -0.4 is 0 Å². The fourth-order valence-electron chi connectivity index (χ4n) is 9.69. The van der Waals surface area contributed by atoms with Crippen LogP contribution in [0.4, 0.5) is 0 Å². The maximum atomic E-state index is 11.1. The number of aliphatic hydroxyl groups is 6. The summed E-state index contributed by atoms with van der Waals surface area (Å²) in [6.07, 6.45) is 0.692. The molecule has 1 saturated heterocycles. The van der Waals surface area contributed by atoms with E-state index in [1.54, 1.807) is 0 Å². The van der Waals surface area contributed by atoms with E-state index in [2.05, 4.69) is 13.8 Å². The molecule has 0 radical (unpaired) electrons. The number of rotatable bonds is 4. The highest BCUT2D eigenvalue weighted by atomic mass is 16.7. The third-order valence-electron chi connectivity index (χ3n) is 11.0. The van der Waals surface area contributed by atoms with Gasteiger partial charge < -0.3 is 40.1 Å². The van der Waals surface area contributed by atoms with Crippen LogP contribution in [0.3, 0.4) is 0 Å². The summed E-state index contributed by atoms with van der Waals surface area (Å²) in [4.78, 5) is 0. The summed E-state index contributed by atoms with van der Waals surface area (Å²) in [6.45, 7) is 6.03. The SMILES string of the molecule is C[C@@]1(CO)CC(OC2OC(CO)C(O)C(O)C2O)C[C@]2(C)[C@H]1CC[C@@]13CC(CC[C@@H]12)[C@](C)(O)C3. The van der Waals surface area contributed by atoms with Crippen molar-refractivity contribution in [1.82, 2.24) is 0 Å².